The summed E-state index contributed by atoms with van der Waals surface area (Å²) in [5.41, 5.74) is 5.38. The largest absolute Gasteiger partial charge is 0.316 e. The molecule has 0 heterocycles. The maximum atomic E-state index is 3.20. The Hall–Kier alpha value is -2.42. The lowest BCUT2D eigenvalue weighted by Crippen LogP contribution is -2.22. The standard InChI is InChI=1S/C23H26N2/c1-24-16-20-12-14-23(15-13-20)19-25(17-21-8-4-2-5-9-21)18-22-10-6-3-7-11-22/h2-15,24H,16-19H2,1H3. The maximum Gasteiger partial charge on any atom is 0.0240 e. The molecule has 0 aromatic heterocycles. The van der Waals surface area contributed by atoms with Crippen LogP contribution in [0.2, 0.25) is 0 Å². The summed E-state index contributed by atoms with van der Waals surface area (Å²) in [5.74, 6) is 0. The molecule has 3 aromatic rings. The molecule has 3 rings (SSSR count). The molecule has 0 atom stereocenters. The lowest BCUT2D eigenvalue weighted by molar-refractivity contribution is 0.247. The van der Waals surface area contributed by atoms with Gasteiger partial charge in [-0.3, -0.25) is 4.90 Å². The van der Waals surface area contributed by atoms with E-state index < -0.39 is 0 Å². The van der Waals surface area contributed by atoms with Crippen molar-refractivity contribution in [2.45, 2.75) is 26.2 Å². The molecule has 0 saturated carbocycles. The van der Waals surface area contributed by atoms with Crippen molar-refractivity contribution in [1.82, 2.24) is 10.2 Å². The number of nitrogens with zero attached hydrogens (tertiary/aromatic N) is 1. The Morgan fingerprint density at radius 3 is 1.40 bits per heavy atom. The van der Waals surface area contributed by atoms with Crippen LogP contribution in [0.4, 0.5) is 0 Å². The van der Waals surface area contributed by atoms with Crippen LogP contribution in [0.25, 0.3) is 0 Å². The lowest BCUT2D eigenvalue weighted by Gasteiger charge is -2.23. The number of benzene rings is 3. The average Bonchev–Trinajstić information content (AvgIpc) is 2.65. The molecule has 0 aliphatic heterocycles. The van der Waals surface area contributed by atoms with E-state index in [4.69, 9.17) is 0 Å². The third kappa shape index (κ3) is 5.56. The number of nitrogens with one attached hydrogen (secondary N) is 1. The van der Waals surface area contributed by atoms with Crippen LogP contribution in [0.15, 0.2) is 84.9 Å². The van der Waals surface area contributed by atoms with Gasteiger partial charge in [0.2, 0.25) is 0 Å². The highest BCUT2D eigenvalue weighted by atomic mass is 15.1. The highest BCUT2D eigenvalue weighted by Gasteiger charge is 2.08. The molecule has 2 heteroatoms. The summed E-state index contributed by atoms with van der Waals surface area (Å²) in [6, 6.07) is 30.3. The van der Waals surface area contributed by atoms with Crippen LogP contribution in [0, 0.1) is 0 Å². The molecule has 3 aromatic carbocycles. The van der Waals surface area contributed by atoms with Gasteiger partial charge in [-0.2, -0.15) is 0 Å². The SMILES string of the molecule is CNCc1ccc(CN(Cc2ccccc2)Cc2ccccc2)cc1. The molecule has 1 N–H and O–H groups in total. The Morgan fingerprint density at radius 1 is 0.560 bits per heavy atom. The van der Waals surface area contributed by atoms with Crippen molar-refractivity contribution in [2.24, 2.45) is 0 Å². The number of hydrogen-bond donors (Lipinski definition) is 1. The van der Waals surface area contributed by atoms with Crippen molar-refractivity contribution in [3.05, 3.63) is 107 Å². The van der Waals surface area contributed by atoms with Gasteiger partial charge in [0.25, 0.3) is 0 Å². The monoisotopic (exact) mass is 330 g/mol. The Bertz CT molecular complexity index is 695. The van der Waals surface area contributed by atoms with Crippen LogP contribution in [0.3, 0.4) is 0 Å². The van der Waals surface area contributed by atoms with E-state index in [2.05, 4.69) is 95.1 Å². The second-order valence-electron chi connectivity index (χ2n) is 6.46. The van der Waals surface area contributed by atoms with Crippen molar-refractivity contribution in [1.29, 1.82) is 0 Å². The van der Waals surface area contributed by atoms with Crippen molar-refractivity contribution in [3.63, 3.8) is 0 Å². The van der Waals surface area contributed by atoms with E-state index in [1.54, 1.807) is 0 Å². The van der Waals surface area contributed by atoms with E-state index in [1.807, 2.05) is 7.05 Å². The Labute approximate surface area is 151 Å². The van der Waals surface area contributed by atoms with Crippen LogP contribution in [-0.4, -0.2) is 11.9 Å². The summed E-state index contributed by atoms with van der Waals surface area (Å²) < 4.78 is 0. The van der Waals surface area contributed by atoms with E-state index in [1.165, 1.54) is 22.3 Å². The highest BCUT2D eigenvalue weighted by molar-refractivity contribution is 5.23. The van der Waals surface area contributed by atoms with Gasteiger partial charge in [0, 0.05) is 26.2 Å². The zero-order valence-corrected chi connectivity index (χ0v) is 14.9. The third-order valence-electron chi connectivity index (χ3n) is 4.31. The molecule has 128 valence electrons. The summed E-state index contributed by atoms with van der Waals surface area (Å²) >= 11 is 0. The van der Waals surface area contributed by atoms with E-state index in [0.717, 1.165) is 26.2 Å². The zero-order chi connectivity index (χ0) is 17.3. The maximum absolute atomic E-state index is 3.20. The van der Waals surface area contributed by atoms with Gasteiger partial charge < -0.3 is 5.32 Å². The van der Waals surface area contributed by atoms with E-state index >= 15 is 0 Å². The smallest absolute Gasteiger partial charge is 0.0240 e. The van der Waals surface area contributed by atoms with Crippen molar-refractivity contribution in [2.75, 3.05) is 7.05 Å². The molecule has 0 radical (unpaired) electrons. The molecule has 0 aliphatic carbocycles. The van der Waals surface area contributed by atoms with Crippen molar-refractivity contribution < 1.29 is 0 Å². The van der Waals surface area contributed by atoms with Gasteiger partial charge in [-0.1, -0.05) is 84.9 Å². The van der Waals surface area contributed by atoms with E-state index in [9.17, 15) is 0 Å². The minimum atomic E-state index is 0.915. The molecule has 0 bridgehead atoms. The summed E-state index contributed by atoms with van der Waals surface area (Å²) in [6.45, 7) is 3.77. The zero-order valence-electron chi connectivity index (χ0n) is 14.9. The Balaban J connectivity index is 1.73. The molecule has 0 amide bonds. The van der Waals surface area contributed by atoms with Crippen LogP contribution in [0.1, 0.15) is 22.3 Å². The van der Waals surface area contributed by atoms with Gasteiger partial charge in [0.05, 0.1) is 0 Å². The van der Waals surface area contributed by atoms with Gasteiger partial charge in [-0.25, -0.2) is 0 Å². The number of hydrogen-bond acceptors (Lipinski definition) is 2. The fourth-order valence-electron chi connectivity index (χ4n) is 3.08. The molecule has 0 spiro atoms. The van der Waals surface area contributed by atoms with E-state index in [0.29, 0.717) is 0 Å². The minimum absolute atomic E-state index is 0.915. The fourth-order valence-corrected chi connectivity index (χ4v) is 3.08. The molecular formula is C23H26N2. The normalized spacial score (nSPS) is 11.0. The second-order valence-corrected chi connectivity index (χ2v) is 6.46. The first-order valence-corrected chi connectivity index (χ1v) is 8.86. The average molecular weight is 330 g/mol. The predicted molar refractivity (Wildman–Crippen MR) is 105 cm³/mol. The van der Waals surface area contributed by atoms with Gasteiger partial charge in [0.1, 0.15) is 0 Å². The fraction of sp³-hybridized carbons (Fsp3) is 0.217. The number of rotatable bonds is 8. The van der Waals surface area contributed by atoms with Crippen LogP contribution in [0.5, 0.6) is 0 Å². The molecule has 0 unspecified atom stereocenters. The Kier molecular flexibility index (Phi) is 6.38. The molecular weight excluding hydrogens is 304 g/mol. The summed E-state index contributed by atoms with van der Waals surface area (Å²) in [4.78, 5) is 2.50. The van der Waals surface area contributed by atoms with Crippen molar-refractivity contribution in [3.8, 4) is 0 Å². The van der Waals surface area contributed by atoms with Gasteiger partial charge in [-0.05, 0) is 29.3 Å². The van der Waals surface area contributed by atoms with Gasteiger partial charge in [-0.15, -0.1) is 0 Å². The molecule has 2 nitrogen and oxygen atoms in total. The van der Waals surface area contributed by atoms with Crippen LogP contribution < -0.4 is 5.32 Å². The van der Waals surface area contributed by atoms with Crippen molar-refractivity contribution >= 4 is 0 Å². The Morgan fingerprint density at radius 2 is 0.960 bits per heavy atom. The van der Waals surface area contributed by atoms with E-state index in [-0.39, 0.29) is 0 Å². The van der Waals surface area contributed by atoms with Gasteiger partial charge >= 0.3 is 0 Å². The summed E-state index contributed by atoms with van der Waals surface area (Å²) in [7, 11) is 1.98. The summed E-state index contributed by atoms with van der Waals surface area (Å²) in [5, 5.41) is 3.20. The predicted octanol–water partition coefficient (Wildman–Crippen LogP) is 4.61. The quantitative estimate of drug-likeness (QED) is 0.649. The topological polar surface area (TPSA) is 15.3 Å². The first-order chi connectivity index (χ1) is 12.3. The lowest BCUT2D eigenvalue weighted by atomic mass is 10.1. The molecule has 0 aliphatic rings. The molecule has 0 saturated heterocycles. The first-order valence-electron chi connectivity index (χ1n) is 8.86. The molecule has 0 fully saturated rings. The molecule has 25 heavy (non-hydrogen) atoms. The second kappa shape index (κ2) is 9.16. The third-order valence-corrected chi connectivity index (χ3v) is 4.31. The highest BCUT2D eigenvalue weighted by Crippen LogP contribution is 2.15. The van der Waals surface area contributed by atoms with Crippen LogP contribution in [-0.2, 0) is 26.2 Å². The van der Waals surface area contributed by atoms with Crippen LogP contribution >= 0.6 is 0 Å². The minimum Gasteiger partial charge on any atom is -0.316 e. The summed E-state index contributed by atoms with van der Waals surface area (Å²) in [6.07, 6.45) is 0. The van der Waals surface area contributed by atoms with Gasteiger partial charge in [0.15, 0.2) is 0 Å². The first kappa shape index (κ1) is 17.4.